The van der Waals surface area contributed by atoms with Crippen LogP contribution in [0.25, 0.3) is 0 Å². The number of phosphoric ester groups is 1. The summed E-state index contributed by atoms with van der Waals surface area (Å²) >= 11 is 0. The van der Waals surface area contributed by atoms with Crippen LogP contribution in [-0.2, 0) is 18.1 Å². The molecule has 0 saturated heterocycles. The van der Waals surface area contributed by atoms with Crippen LogP contribution < -0.4 is 5.32 Å². The summed E-state index contributed by atoms with van der Waals surface area (Å²) in [4.78, 5) is 0. The molecular formula is C11H26NO4P. The van der Waals surface area contributed by atoms with Crippen LogP contribution in [0.4, 0.5) is 0 Å². The van der Waals surface area contributed by atoms with Gasteiger partial charge in [0.1, 0.15) is 0 Å². The molecule has 0 aromatic carbocycles. The summed E-state index contributed by atoms with van der Waals surface area (Å²) in [5.41, 5.74) is -1.17. The van der Waals surface area contributed by atoms with Crippen LogP contribution in [0.15, 0.2) is 0 Å². The molecule has 0 aromatic rings. The standard InChI is InChI=1S/C11H26NO4P/c1-10(2,3)15-17(13,14-9-8-12-7)16-11(4,5)6/h12H,8-9H2,1-7H3. The Kier molecular flexibility index (Phi) is 6.33. The van der Waals surface area contributed by atoms with Crippen molar-refractivity contribution in [2.24, 2.45) is 0 Å². The van der Waals surface area contributed by atoms with Gasteiger partial charge in [-0.15, -0.1) is 0 Å². The van der Waals surface area contributed by atoms with Crippen molar-refractivity contribution >= 4 is 7.82 Å². The predicted octanol–water partition coefficient (Wildman–Crippen LogP) is 2.96. The van der Waals surface area contributed by atoms with E-state index in [4.69, 9.17) is 13.6 Å². The van der Waals surface area contributed by atoms with Gasteiger partial charge < -0.3 is 5.32 Å². The maximum atomic E-state index is 12.4. The molecule has 0 atom stereocenters. The van der Waals surface area contributed by atoms with E-state index >= 15 is 0 Å². The first-order chi connectivity index (χ1) is 7.47. The first-order valence-corrected chi connectivity index (χ1v) is 7.24. The second-order valence-corrected chi connectivity index (χ2v) is 7.31. The molecule has 0 unspecified atom stereocenters. The summed E-state index contributed by atoms with van der Waals surface area (Å²) in [6, 6.07) is 0. The zero-order valence-corrected chi connectivity index (χ0v) is 12.9. The van der Waals surface area contributed by atoms with Crippen LogP contribution in [0.3, 0.4) is 0 Å². The molecule has 104 valence electrons. The van der Waals surface area contributed by atoms with E-state index in [2.05, 4.69) is 5.32 Å². The Morgan fingerprint density at radius 3 is 1.71 bits per heavy atom. The SMILES string of the molecule is CNCCOP(=O)(OC(C)(C)C)OC(C)(C)C. The smallest absolute Gasteiger partial charge is 0.317 e. The molecule has 0 amide bonds. The minimum atomic E-state index is -3.53. The molecule has 0 spiro atoms. The second kappa shape index (κ2) is 6.30. The average molecular weight is 267 g/mol. The predicted molar refractivity (Wildman–Crippen MR) is 69.2 cm³/mol. The Hall–Kier alpha value is 0.0700. The number of nitrogens with one attached hydrogen (secondary N) is 1. The van der Waals surface area contributed by atoms with Gasteiger partial charge in [0.15, 0.2) is 0 Å². The molecule has 0 aliphatic rings. The van der Waals surface area contributed by atoms with E-state index < -0.39 is 19.0 Å². The Balaban J connectivity index is 4.64. The summed E-state index contributed by atoms with van der Waals surface area (Å²) in [5, 5.41) is 2.91. The third-order valence-electron chi connectivity index (χ3n) is 1.37. The van der Waals surface area contributed by atoms with Gasteiger partial charge in [-0.3, -0.25) is 13.6 Å². The van der Waals surface area contributed by atoms with Crippen LogP contribution in [-0.4, -0.2) is 31.4 Å². The molecule has 0 aliphatic heterocycles. The van der Waals surface area contributed by atoms with Gasteiger partial charge in [-0.1, -0.05) is 0 Å². The summed E-state index contributed by atoms with van der Waals surface area (Å²) in [5.74, 6) is 0. The van der Waals surface area contributed by atoms with Crippen molar-refractivity contribution in [2.45, 2.75) is 52.7 Å². The number of hydrogen-bond donors (Lipinski definition) is 1. The van der Waals surface area contributed by atoms with E-state index in [1.807, 2.05) is 41.5 Å². The quantitative estimate of drug-likeness (QED) is 0.592. The van der Waals surface area contributed by atoms with E-state index in [9.17, 15) is 4.57 Å². The van der Waals surface area contributed by atoms with Crippen LogP contribution in [0.5, 0.6) is 0 Å². The van der Waals surface area contributed by atoms with Crippen molar-refractivity contribution < 1.29 is 18.1 Å². The Labute approximate surface area is 105 Å². The highest BCUT2D eigenvalue weighted by molar-refractivity contribution is 7.48. The maximum absolute atomic E-state index is 12.4. The first kappa shape index (κ1) is 17.1. The van der Waals surface area contributed by atoms with Gasteiger partial charge in [0.25, 0.3) is 0 Å². The van der Waals surface area contributed by atoms with E-state index in [1.54, 1.807) is 7.05 Å². The number of likely N-dealkylation sites (N-methyl/N-ethyl adjacent to an activating group) is 1. The van der Waals surface area contributed by atoms with Crippen LogP contribution in [0, 0.1) is 0 Å². The number of phosphoric acid groups is 1. The molecule has 0 saturated carbocycles. The molecule has 0 aromatic heterocycles. The van der Waals surface area contributed by atoms with Crippen molar-refractivity contribution in [1.29, 1.82) is 0 Å². The van der Waals surface area contributed by atoms with Crippen LogP contribution in [0.1, 0.15) is 41.5 Å². The fourth-order valence-corrected chi connectivity index (χ4v) is 2.80. The van der Waals surface area contributed by atoms with E-state index in [0.717, 1.165) is 0 Å². The van der Waals surface area contributed by atoms with Gasteiger partial charge in [-0.25, -0.2) is 4.57 Å². The van der Waals surface area contributed by atoms with Crippen molar-refractivity contribution in [1.82, 2.24) is 5.32 Å². The highest BCUT2D eigenvalue weighted by Gasteiger charge is 2.36. The minimum Gasteiger partial charge on any atom is -0.317 e. The fraction of sp³-hybridized carbons (Fsp3) is 1.00. The van der Waals surface area contributed by atoms with Crippen molar-refractivity contribution in [3.63, 3.8) is 0 Å². The van der Waals surface area contributed by atoms with Crippen LogP contribution in [0.2, 0.25) is 0 Å². The molecule has 6 heteroatoms. The molecule has 0 aliphatic carbocycles. The zero-order valence-electron chi connectivity index (χ0n) is 12.0. The van der Waals surface area contributed by atoms with Gasteiger partial charge >= 0.3 is 7.82 Å². The van der Waals surface area contributed by atoms with Gasteiger partial charge in [-0.05, 0) is 48.6 Å². The minimum absolute atomic E-state index is 0.278. The molecule has 0 fully saturated rings. The normalized spacial score (nSPS) is 14.1. The molecule has 0 bridgehead atoms. The Morgan fingerprint density at radius 1 is 1.00 bits per heavy atom. The molecule has 0 rings (SSSR count). The summed E-state index contributed by atoms with van der Waals surface area (Å²) in [6.45, 7) is 11.7. The topological polar surface area (TPSA) is 56.8 Å². The summed E-state index contributed by atoms with van der Waals surface area (Å²) in [6.07, 6.45) is 0. The number of rotatable bonds is 6. The van der Waals surface area contributed by atoms with Gasteiger partial charge in [-0.2, -0.15) is 0 Å². The largest absolute Gasteiger partial charge is 0.475 e. The van der Waals surface area contributed by atoms with Gasteiger partial charge in [0.05, 0.1) is 17.8 Å². The zero-order chi connectivity index (χ0) is 13.7. The lowest BCUT2D eigenvalue weighted by Gasteiger charge is -2.30. The van der Waals surface area contributed by atoms with Crippen molar-refractivity contribution in [3.8, 4) is 0 Å². The second-order valence-electron chi connectivity index (χ2n) is 5.79. The third kappa shape index (κ3) is 9.74. The first-order valence-electron chi connectivity index (χ1n) is 5.78. The van der Waals surface area contributed by atoms with E-state index in [-0.39, 0.29) is 6.61 Å². The fourth-order valence-electron chi connectivity index (χ4n) is 1.00. The molecule has 5 nitrogen and oxygen atoms in total. The molecule has 1 N–H and O–H groups in total. The molecule has 0 heterocycles. The van der Waals surface area contributed by atoms with Gasteiger partial charge in [0, 0.05) is 6.54 Å². The number of hydrogen-bond acceptors (Lipinski definition) is 5. The highest BCUT2D eigenvalue weighted by Crippen LogP contribution is 2.55. The average Bonchev–Trinajstić information content (AvgIpc) is 1.96. The van der Waals surface area contributed by atoms with Crippen molar-refractivity contribution in [2.75, 3.05) is 20.2 Å². The van der Waals surface area contributed by atoms with E-state index in [0.29, 0.717) is 6.54 Å². The van der Waals surface area contributed by atoms with Crippen molar-refractivity contribution in [3.05, 3.63) is 0 Å². The van der Waals surface area contributed by atoms with E-state index in [1.165, 1.54) is 0 Å². The lowest BCUT2D eigenvalue weighted by atomic mass is 10.2. The van der Waals surface area contributed by atoms with Crippen LogP contribution >= 0.6 is 7.82 Å². The Morgan fingerprint density at radius 2 is 1.41 bits per heavy atom. The maximum Gasteiger partial charge on any atom is 0.475 e. The third-order valence-corrected chi connectivity index (χ3v) is 3.41. The Bertz CT molecular complexity index is 248. The summed E-state index contributed by atoms with van der Waals surface area (Å²) in [7, 11) is -1.74. The molecule has 17 heavy (non-hydrogen) atoms. The molecular weight excluding hydrogens is 241 g/mol. The van der Waals surface area contributed by atoms with Gasteiger partial charge in [0.2, 0.25) is 0 Å². The lowest BCUT2D eigenvalue weighted by molar-refractivity contribution is 0.00389. The monoisotopic (exact) mass is 267 g/mol. The molecule has 0 radical (unpaired) electrons. The summed E-state index contributed by atoms with van der Waals surface area (Å²) < 4.78 is 28.6. The highest BCUT2D eigenvalue weighted by atomic mass is 31.2. The lowest BCUT2D eigenvalue weighted by Crippen LogP contribution is -2.25.